The van der Waals surface area contributed by atoms with Crippen molar-refractivity contribution in [2.24, 2.45) is 13.0 Å². The number of nitrogens with zero attached hydrogens (tertiary/aromatic N) is 2. The first-order chi connectivity index (χ1) is 7.61. The summed E-state index contributed by atoms with van der Waals surface area (Å²) >= 11 is 0. The molecule has 2 aromatic rings. The Kier molecular flexibility index (Phi) is 2.86. The number of fused-ring (bicyclic) bond motifs is 1. The van der Waals surface area contributed by atoms with Gasteiger partial charge in [-0.05, 0) is 18.1 Å². The van der Waals surface area contributed by atoms with Crippen LogP contribution < -0.4 is 4.74 Å². The predicted octanol–water partition coefficient (Wildman–Crippen LogP) is 2.78. The number of aryl methyl sites for hydroxylation is 1. The molecule has 1 heterocycles. The smallest absolute Gasteiger partial charge is 0.121 e. The lowest BCUT2D eigenvalue weighted by atomic mass is 10.1. The van der Waals surface area contributed by atoms with Gasteiger partial charge in [-0.15, -0.1) is 0 Å². The highest BCUT2D eigenvalue weighted by atomic mass is 16.5. The minimum absolute atomic E-state index is 0.623. The standard InChI is InChI=1S/C13H18N2O/c1-9(2)7-13-14-11-8-10(16-4)5-6-12(11)15(13)3/h5-6,8-9H,7H2,1-4H3. The molecule has 1 aromatic heterocycles. The highest BCUT2D eigenvalue weighted by Crippen LogP contribution is 2.21. The summed E-state index contributed by atoms with van der Waals surface area (Å²) in [6.07, 6.45) is 1.01. The number of hydrogen-bond donors (Lipinski definition) is 0. The summed E-state index contributed by atoms with van der Waals surface area (Å²) in [6, 6.07) is 6.02. The second kappa shape index (κ2) is 4.16. The molecule has 0 saturated carbocycles. The monoisotopic (exact) mass is 218 g/mol. The van der Waals surface area contributed by atoms with E-state index in [-0.39, 0.29) is 0 Å². The van der Waals surface area contributed by atoms with Gasteiger partial charge in [-0.3, -0.25) is 0 Å². The molecule has 0 atom stereocenters. The van der Waals surface area contributed by atoms with Gasteiger partial charge in [-0.25, -0.2) is 4.98 Å². The molecule has 2 rings (SSSR count). The summed E-state index contributed by atoms with van der Waals surface area (Å²) in [5, 5.41) is 0. The lowest BCUT2D eigenvalue weighted by molar-refractivity contribution is 0.415. The molecule has 0 aliphatic rings. The van der Waals surface area contributed by atoms with Crippen molar-refractivity contribution in [1.29, 1.82) is 0 Å². The molecular formula is C13H18N2O. The zero-order valence-corrected chi connectivity index (χ0v) is 10.3. The Balaban J connectivity index is 2.50. The van der Waals surface area contributed by atoms with Crippen molar-refractivity contribution in [2.75, 3.05) is 7.11 Å². The van der Waals surface area contributed by atoms with Crippen molar-refractivity contribution in [1.82, 2.24) is 9.55 Å². The molecule has 0 bridgehead atoms. The van der Waals surface area contributed by atoms with Gasteiger partial charge in [0.2, 0.25) is 0 Å². The van der Waals surface area contributed by atoms with Gasteiger partial charge >= 0.3 is 0 Å². The van der Waals surface area contributed by atoms with Gasteiger partial charge < -0.3 is 9.30 Å². The van der Waals surface area contributed by atoms with Crippen LogP contribution in [0.3, 0.4) is 0 Å². The zero-order valence-electron chi connectivity index (χ0n) is 10.3. The van der Waals surface area contributed by atoms with E-state index in [1.54, 1.807) is 7.11 Å². The van der Waals surface area contributed by atoms with Crippen LogP contribution in [0, 0.1) is 5.92 Å². The van der Waals surface area contributed by atoms with Crippen molar-refractivity contribution in [3.8, 4) is 5.75 Å². The third-order valence-electron chi connectivity index (χ3n) is 2.77. The minimum atomic E-state index is 0.623. The number of benzene rings is 1. The van der Waals surface area contributed by atoms with Crippen molar-refractivity contribution >= 4 is 11.0 Å². The van der Waals surface area contributed by atoms with Crippen LogP contribution in [-0.2, 0) is 13.5 Å². The topological polar surface area (TPSA) is 27.1 Å². The van der Waals surface area contributed by atoms with Gasteiger partial charge in [-0.2, -0.15) is 0 Å². The summed E-state index contributed by atoms with van der Waals surface area (Å²) in [6.45, 7) is 4.42. The van der Waals surface area contributed by atoms with Gasteiger partial charge in [0.05, 0.1) is 18.1 Å². The SMILES string of the molecule is COc1ccc2c(c1)nc(CC(C)C)n2C. The maximum Gasteiger partial charge on any atom is 0.121 e. The number of methoxy groups -OCH3 is 1. The van der Waals surface area contributed by atoms with E-state index in [4.69, 9.17) is 4.74 Å². The van der Waals surface area contributed by atoms with Crippen molar-refractivity contribution < 1.29 is 4.74 Å². The lowest BCUT2D eigenvalue weighted by Crippen LogP contribution is -2.02. The fraction of sp³-hybridized carbons (Fsp3) is 0.462. The highest BCUT2D eigenvalue weighted by Gasteiger charge is 2.09. The fourth-order valence-corrected chi connectivity index (χ4v) is 1.90. The summed E-state index contributed by atoms with van der Waals surface area (Å²) in [5.41, 5.74) is 2.17. The molecule has 0 spiro atoms. The number of hydrogen-bond acceptors (Lipinski definition) is 2. The number of aromatic nitrogens is 2. The average Bonchev–Trinajstić information content (AvgIpc) is 2.54. The van der Waals surface area contributed by atoms with Crippen LogP contribution in [0.5, 0.6) is 5.75 Å². The van der Waals surface area contributed by atoms with Crippen molar-refractivity contribution in [3.05, 3.63) is 24.0 Å². The quantitative estimate of drug-likeness (QED) is 0.792. The lowest BCUT2D eigenvalue weighted by Gasteiger charge is -2.04. The predicted molar refractivity (Wildman–Crippen MR) is 65.8 cm³/mol. The second-order valence-electron chi connectivity index (χ2n) is 4.54. The van der Waals surface area contributed by atoms with E-state index in [9.17, 15) is 0 Å². The Morgan fingerprint density at radius 3 is 2.75 bits per heavy atom. The Hall–Kier alpha value is -1.51. The van der Waals surface area contributed by atoms with Gasteiger partial charge in [0.1, 0.15) is 11.6 Å². The van der Waals surface area contributed by atoms with Crippen LogP contribution in [0.25, 0.3) is 11.0 Å². The molecule has 16 heavy (non-hydrogen) atoms. The first kappa shape index (κ1) is 11.0. The molecule has 0 N–H and O–H groups in total. The molecule has 0 fully saturated rings. The van der Waals surface area contributed by atoms with E-state index >= 15 is 0 Å². The van der Waals surface area contributed by atoms with E-state index < -0.39 is 0 Å². The molecule has 0 unspecified atom stereocenters. The van der Waals surface area contributed by atoms with Crippen LogP contribution in [0.2, 0.25) is 0 Å². The first-order valence-electron chi connectivity index (χ1n) is 5.61. The molecule has 0 aliphatic carbocycles. The highest BCUT2D eigenvalue weighted by molar-refractivity contribution is 5.77. The zero-order chi connectivity index (χ0) is 11.7. The second-order valence-corrected chi connectivity index (χ2v) is 4.54. The summed E-state index contributed by atoms with van der Waals surface area (Å²) in [7, 11) is 3.75. The normalized spacial score (nSPS) is 11.3. The molecular weight excluding hydrogens is 200 g/mol. The summed E-state index contributed by atoms with van der Waals surface area (Å²) in [5.74, 6) is 2.62. The maximum atomic E-state index is 5.20. The third kappa shape index (κ3) is 1.90. The molecule has 3 heteroatoms. The van der Waals surface area contributed by atoms with Crippen LogP contribution in [0.4, 0.5) is 0 Å². The van der Waals surface area contributed by atoms with E-state index in [1.165, 1.54) is 0 Å². The van der Waals surface area contributed by atoms with Crippen LogP contribution in [0.1, 0.15) is 19.7 Å². The first-order valence-corrected chi connectivity index (χ1v) is 5.61. The maximum absolute atomic E-state index is 5.20. The molecule has 1 aromatic carbocycles. The molecule has 86 valence electrons. The van der Waals surface area contributed by atoms with E-state index in [2.05, 4.69) is 36.5 Å². The fourth-order valence-electron chi connectivity index (χ4n) is 1.90. The van der Waals surface area contributed by atoms with E-state index in [0.29, 0.717) is 5.92 Å². The molecule has 3 nitrogen and oxygen atoms in total. The molecule has 0 aliphatic heterocycles. The largest absolute Gasteiger partial charge is 0.497 e. The molecule has 0 amide bonds. The van der Waals surface area contributed by atoms with Crippen LogP contribution in [-0.4, -0.2) is 16.7 Å². The average molecular weight is 218 g/mol. The molecule has 0 saturated heterocycles. The van der Waals surface area contributed by atoms with Crippen molar-refractivity contribution in [3.63, 3.8) is 0 Å². The van der Waals surface area contributed by atoms with Crippen LogP contribution >= 0.6 is 0 Å². The summed E-state index contributed by atoms with van der Waals surface area (Å²) < 4.78 is 7.36. The van der Waals surface area contributed by atoms with Gasteiger partial charge in [0.15, 0.2) is 0 Å². The van der Waals surface area contributed by atoms with E-state index in [1.807, 2.05) is 12.1 Å². The molecule has 0 radical (unpaired) electrons. The third-order valence-corrected chi connectivity index (χ3v) is 2.77. The number of imidazole rings is 1. The van der Waals surface area contributed by atoms with Gasteiger partial charge in [0.25, 0.3) is 0 Å². The Bertz CT molecular complexity index is 500. The Morgan fingerprint density at radius 1 is 1.38 bits per heavy atom. The van der Waals surface area contributed by atoms with Crippen LogP contribution in [0.15, 0.2) is 18.2 Å². The minimum Gasteiger partial charge on any atom is -0.497 e. The Morgan fingerprint density at radius 2 is 2.12 bits per heavy atom. The van der Waals surface area contributed by atoms with Crippen molar-refractivity contribution in [2.45, 2.75) is 20.3 Å². The number of ether oxygens (including phenoxy) is 1. The Labute approximate surface area is 96.1 Å². The van der Waals surface area contributed by atoms with Gasteiger partial charge in [-0.1, -0.05) is 13.8 Å². The van der Waals surface area contributed by atoms with E-state index in [0.717, 1.165) is 29.0 Å². The number of rotatable bonds is 3. The summed E-state index contributed by atoms with van der Waals surface area (Å²) in [4.78, 5) is 4.64. The van der Waals surface area contributed by atoms with Gasteiger partial charge in [0, 0.05) is 19.5 Å².